The molecule has 4 nitrogen and oxygen atoms in total. The third kappa shape index (κ3) is 5.70. The SMILES string of the molecule is CC(CO)CN(Cc1ccccc1)C(=O)CCc1ccc(O)cc1. The summed E-state index contributed by atoms with van der Waals surface area (Å²) in [6.07, 6.45) is 1.05. The first kappa shape index (κ1) is 18.0. The number of benzene rings is 2. The lowest BCUT2D eigenvalue weighted by molar-refractivity contribution is -0.132. The lowest BCUT2D eigenvalue weighted by Crippen LogP contribution is -2.35. The largest absolute Gasteiger partial charge is 0.508 e. The van der Waals surface area contributed by atoms with E-state index in [1.54, 1.807) is 12.1 Å². The van der Waals surface area contributed by atoms with Gasteiger partial charge in [0.15, 0.2) is 0 Å². The first-order valence-corrected chi connectivity index (χ1v) is 8.29. The van der Waals surface area contributed by atoms with Crippen molar-refractivity contribution >= 4 is 5.91 Å². The van der Waals surface area contributed by atoms with E-state index in [2.05, 4.69) is 0 Å². The van der Waals surface area contributed by atoms with Crippen molar-refractivity contribution < 1.29 is 15.0 Å². The first-order chi connectivity index (χ1) is 11.6. The number of aromatic hydroxyl groups is 1. The van der Waals surface area contributed by atoms with Crippen LogP contribution in [0.1, 0.15) is 24.5 Å². The summed E-state index contributed by atoms with van der Waals surface area (Å²) in [6.45, 7) is 3.10. The molecule has 0 heterocycles. The van der Waals surface area contributed by atoms with Crippen molar-refractivity contribution in [3.05, 3.63) is 65.7 Å². The molecule has 0 aromatic heterocycles. The molecule has 0 fully saturated rings. The van der Waals surface area contributed by atoms with Gasteiger partial charge in [-0.25, -0.2) is 0 Å². The summed E-state index contributed by atoms with van der Waals surface area (Å²) in [7, 11) is 0. The molecule has 2 aromatic rings. The highest BCUT2D eigenvalue weighted by atomic mass is 16.3. The Kier molecular flexibility index (Phi) is 6.82. The fourth-order valence-corrected chi connectivity index (χ4v) is 2.56. The van der Waals surface area contributed by atoms with Crippen LogP contribution in [0.15, 0.2) is 54.6 Å². The van der Waals surface area contributed by atoms with Crippen LogP contribution in [0, 0.1) is 5.92 Å². The van der Waals surface area contributed by atoms with Gasteiger partial charge in [-0.1, -0.05) is 49.4 Å². The van der Waals surface area contributed by atoms with Gasteiger partial charge in [0.2, 0.25) is 5.91 Å². The third-order valence-corrected chi connectivity index (χ3v) is 3.98. The molecule has 2 N–H and O–H groups in total. The predicted molar refractivity (Wildman–Crippen MR) is 94.5 cm³/mol. The number of amides is 1. The molecule has 0 radical (unpaired) electrons. The van der Waals surface area contributed by atoms with Crippen molar-refractivity contribution in [1.29, 1.82) is 0 Å². The maximum Gasteiger partial charge on any atom is 0.223 e. The Labute approximate surface area is 143 Å². The van der Waals surface area contributed by atoms with Crippen LogP contribution < -0.4 is 0 Å². The molecule has 24 heavy (non-hydrogen) atoms. The zero-order valence-electron chi connectivity index (χ0n) is 14.1. The van der Waals surface area contributed by atoms with Crippen LogP contribution in [0.25, 0.3) is 0 Å². The van der Waals surface area contributed by atoms with Crippen LogP contribution in [-0.4, -0.2) is 34.2 Å². The van der Waals surface area contributed by atoms with E-state index in [-0.39, 0.29) is 24.2 Å². The summed E-state index contributed by atoms with van der Waals surface area (Å²) in [5.74, 6) is 0.353. The highest BCUT2D eigenvalue weighted by Crippen LogP contribution is 2.14. The van der Waals surface area contributed by atoms with E-state index in [9.17, 15) is 15.0 Å². The maximum atomic E-state index is 12.6. The molecule has 0 aliphatic heterocycles. The Morgan fingerprint density at radius 1 is 1.04 bits per heavy atom. The molecule has 128 valence electrons. The fraction of sp³-hybridized carbons (Fsp3) is 0.350. The summed E-state index contributed by atoms with van der Waals surface area (Å²) < 4.78 is 0. The number of nitrogens with zero attached hydrogens (tertiary/aromatic N) is 1. The lowest BCUT2D eigenvalue weighted by Gasteiger charge is -2.25. The van der Waals surface area contributed by atoms with E-state index in [0.717, 1.165) is 11.1 Å². The van der Waals surface area contributed by atoms with Gasteiger partial charge < -0.3 is 15.1 Å². The zero-order valence-corrected chi connectivity index (χ0v) is 14.1. The van der Waals surface area contributed by atoms with Crippen molar-refractivity contribution in [2.24, 2.45) is 5.92 Å². The van der Waals surface area contributed by atoms with E-state index >= 15 is 0 Å². The Balaban J connectivity index is 1.99. The lowest BCUT2D eigenvalue weighted by atomic mass is 10.1. The second-order valence-electron chi connectivity index (χ2n) is 6.21. The summed E-state index contributed by atoms with van der Waals surface area (Å²) in [5, 5.41) is 18.6. The minimum absolute atomic E-state index is 0.0475. The highest BCUT2D eigenvalue weighted by molar-refractivity contribution is 5.76. The van der Waals surface area contributed by atoms with Gasteiger partial charge in [0, 0.05) is 26.1 Å². The number of rotatable bonds is 8. The van der Waals surface area contributed by atoms with Crippen molar-refractivity contribution in [3.8, 4) is 5.75 Å². The number of phenolic OH excluding ortho intramolecular Hbond substituents is 1. The average molecular weight is 327 g/mol. The van der Waals surface area contributed by atoms with E-state index in [0.29, 0.717) is 25.9 Å². The molecule has 1 amide bonds. The quantitative estimate of drug-likeness (QED) is 0.783. The molecule has 1 atom stereocenters. The van der Waals surface area contributed by atoms with E-state index < -0.39 is 0 Å². The van der Waals surface area contributed by atoms with Crippen molar-refractivity contribution in [3.63, 3.8) is 0 Å². The second-order valence-corrected chi connectivity index (χ2v) is 6.21. The summed E-state index contributed by atoms with van der Waals surface area (Å²) in [6, 6.07) is 16.8. The Morgan fingerprint density at radius 2 is 1.71 bits per heavy atom. The Morgan fingerprint density at radius 3 is 2.33 bits per heavy atom. The van der Waals surface area contributed by atoms with E-state index in [1.165, 1.54) is 0 Å². The van der Waals surface area contributed by atoms with Crippen LogP contribution in [-0.2, 0) is 17.8 Å². The van der Waals surface area contributed by atoms with E-state index in [1.807, 2.05) is 54.3 Å². The van der Waals surface area contributed by atoms with Crippen molar-refractivity contribution in [1.82, 2.24) is 4.90 Å². The number of aliphatic hydroxyl groups excluding tert-OH is 1. The number of carbonyl (C=O) groups is 1. The molecule has 0 spiro atoms. The molecule has 0 saturated carbocycles. The molecule has 0 aliphatic carbocycles. The van der Waals surface area contributed by atoms with Crippen molar-refractivity contribution in [2.45, 2.75) is 26.3 Å². The molecular formula is C20H25NO3. The van der Waals surface area contributed by atoms with Gasteiger partial charge >= 0.3 is 0 Å². The van der Waals surface area contributed by atoms with Crippen LogP contribution in [0.3, 0.4) is 0 Å². The smallest absolute Gasteiger partial charge is 0.223 e. The second kappa shape index (κ2) is 9.08. The van der Waals surface area contributed by atoms with Crippen LogP contribution >= 0.6 is 0 Å². The number of hydrogen-bond donors (Lipinski definition) is 2. The molecule has 2 aromatic carbocycles. The molecule has 0 bridgehead atoms. The molecule has 1 unspecified atom stereocenters. The minimum Gasteiger partial charge on any atom is -0.508 e. The summed E-state index contributed by atoms with van der Waals surface area (Å²) >= 11 is 0. The van der Waals surface area contributed by atoms with Crippen LogP contribution in [0.4, 0.5) is 0 Å². The van der Waals surface area contributed by atoms with E-state index in [4.69, 9.17) is 0 Å². The highest BCUT2D eigenvalue weighted by Gasteiger charge is 2.16. The average Bonchev–Trinajstić information content (AvgIpc) is 2.61. The molecule has 0 saturated heterocycles. The Hall–Kier alpha value is -2.33. The Bertz CT molecular complexity index is 625. The predicted octanol–water partition coefficient (Wildman–Crippen LogP) is 2.98. The molecular weight excluding hydrogens is 302 g/mol. The van der Waals surface area contributed by atoms with Gasteiger partial charge in [0.1, 0.15) is 5.75 Å². The van der Waals surface area contributed by atoms with Gasteiger partial charge in [0.05, 0.1) is 0 Å². The van der Waals surface area contributed by atoms with Gasteiger partial charge in [-0.3, -0.25) is 4.79 Å². The first-order valence-electron chi connectivity index (χ1n) is 8.29. The molecule has 0 aliphatic rings. The standard InChI is InChI=1S/C20H25NO3/c1-16(15-22)13-21(14-18-5-3-2-4-6-18)20(24)12-9-17-7-10-19(23)11-8-17/h2-8,10-11,16,22-23H,9,12-15H2,1H3. The summed E-state index contributed by atoms with van der Waals surface area (Å²) in [4.78, 5) is 14.5. The van der Waals surface area contributed by atoms with Gasteiger partial charge in [-0.05, 0) is 35.6 Å². The number of carbonyl (C=O) groups excluding carboxylic acids is 1. The monoisotopic (exact) mass is 327 g/mol. The number of phenols is 1. The summed E-state index contributed by atoms with van der Waals surface area (Å²) in [5.41, 5.74) is 2.11. The fourth-order valence-electron chi connectivity index (χ4n) is 2.56. The number of hydrogen-bond acceptors (Lipinski definition) is 3. The normalized spacial score (nSPS) is 11.9. The zero-order chi connectivity index (χ0) is 17.4. The molecule has 2 rings (SSSR count). The topological polar surface area (TPSA) is 60.8 Å². The maximum absolute atomic E-state index is 12.6. The minimum atomic E-state index is 0.0475. The number of aryl methyl sites for hydroxylation is 1. The molecule has 4 heteroatoms. The third-order valence-electron chi connectivity index (χ3n) is 3.98. The van der Waals surface area contributed by atoms with Gasteiger partial charge in [-0.15, -0.1) is 0 Å². The van der Waals surface area contributed by atoms with Gasteiger partial charge in [0.25, 0.3) is 0 Å². The van der Waals surface area contributed by atoms with Crippen LogP contribution in [0.5, 0.6) is 5.75 Å². The van der Waals surface area contributed by atoms with Gasteiger partial charge in [-0.2, -0.15) is 0 Å². The van der Waals surface area contributed by atoms with Crippen LogP contribution in [0.2, 0.25) is 0 Å². The van der Waals surface area contributed by atoms with Crippen molar-refractivity contribution in [2.75, 3.05) is 13.2 Å². The number of aliphatic hydroxyl groups is 1.